The topological polar surface area (TPSA) is 50.7 Å². The van der Waals surface area contributed by atoms with Crippen LogP contribution in [0, 0.1) is 0 Å². The monoisotopic (exact) mass is 490 g/mol. The van der Waals surface area contributed by atoms with E-state index in [-0.39, 0.29) is 5.91 Å². The quantitative estimate of drug-likeness (QED) is 0.316. The molecular weight excluding hydrogens is 475 g/mol. The average Bonchev–Trinajstić information content (AvgIpc) is 2.72. The number of nitrogens with one attached hydrogen (secondary N) is 1. The van der Waals surface area contributed by atoms with Crippen molar-refractivity contribution < 1.29 is 9.53 Å². The van der Waals surface area contributed by atoms with Crippen molar-refractivity contribution in [2.75, 3.05) is 0 Å². The molecule has 0 spiro atoms. The number of carbonyl (C=O) groups is 1. The van der Waals surface area contributed by atoms with Gasteiger partial charge >= 0.3 is 0 Å². The van der Waals surface area contributed by atoms with Crippen LogP contribution in [0.5, 0.6) is 5.75 Å². The molecule has 0 aromatic heterocycles. The molecule has 0 radical (unpaired) electrons. The van der Waals surface area contributed by atoms with Gasteiger partial charge in [-0.05, 0) is 61.0 Å². The molecule has 0 fully saturated rings. The second-order valence-corrected chi connectivity index (χ2v) is 7.95. The summed E-state index contributed by atoms with van der Waals surface area (Å²) in [6, 6.07) is 19.8. The van der Waals surface area contributed by atoms with Gasteiger partial charge in [0.2, 0.25) is 0 Å². The molecule has 7 heteroatoms. The van der Waals surface area contributed by atoms with Crippen molar-refractivity contribution in [2.45, 2.75) is 13.5 Å². The van der Waals surface area contributed by atoms with Crippen molar-refractivity contribution in [3.05, 3.63) is 97.9 Å². The normalized spacial score (nSPS) is 11.2. The molecule has 1 N–H and O–H groups in total. The van der Waals surface area contributed by atoms with Gasteiger partial charge in [-0.25, -0.2) is 5.43 Å². The summed E-state index contributed by atoms with van der Waals surface area (Å²) < 4.78 is 6.71. The lowest BCUT2D eigenvalue weighted by Crippen LogP contribution is -2.19. The number of rotatable bonds is 6. The van der Waals surface area contributed by atoms with E-state index >= 15 is 0 Å². The van der Waals surface area contributed by atoms with Crippen molar-refractivity contribution in [3.63, 3.8) is 0 Å². The highest BCUT2D eigenvalue weighted by Gasteiger charge is 2.07. The van der Waals surface area contributed by atoms with E-state index in [1.54, 1.807) is 36.4 Å². The highest BCUT2D eigenvalue weighted by molar-refractivity contribution is 9.10. The zero-order valence-electron chi connectivity index (χ0n) is 15.5. The highest BCUT2D eigenvalue weighted by Crippen LogP contribution is 2.23. The van der Waals surface area contributed by atoms with Crippen LogP contribution in [0.3, 0.4) is 0 Å². The molecule has 0 aliphatic rings. The van der Waals surface area contributed by atoms with Crippen LogP contribution in [-0.4, -0.2) is 11.6 Å². The first-order chi connectivity index (χ1) is 13.9. The minimum absolute atomic E-state index is 0.297. The third-order valence-corrected chi connectivity index (χ3v) is 5.23. The Hall–Kier alpha value is -2.34. The van der Waals surface area contributed by atoms with E-state index in [0.29, 0.717) is 33.7 Å². The summed E-state index contributed by atoms with van der Waals surface area (Å²) in [5, 5.41) is 5.29. The van der Waals surface area contributed by atoms with Crippen molar-refractivity contribution in [2.24, 2.45) is 5.10 Å². The van der Waals surface area contributed by atoms with E-state index in [1.165, 1.54) is 0 Å². The van der Waals surface area contributed by atoms with Crippen LogP contribution in [0.4, 0.5) is 0 Å². The number of hydrogen-bond donors (Lipinski definition) is 1. The average molecular weight is 492 g/mol. The third-order valence-electron chi connectivity index (χ3n) is 4.11. The molecule has 0 aliphatic carbocycles. The summed E-state index contributed by atoms with van der Waals surface area (Å²) in [6.45, 7) is 2.14. The molecule has 0 saturated carbocycles. The number of benzene rings is 3. The summed E-state index contributed by atoms with van der Waals surface area (Å²) in [7, 11) is 0. The summed E-state index contributed by atoms with van der Waals surface area (Å²) in [6.07, 6.45) is 0. The van der Waals surface area contributed by atoms with Gasteiger partial charge in [0, 0.05) is 25.6 Å². The summed E-state index contributed by atoms with van der Waals surface area (Å²) in [4.78, 5) is 12.3. The van der Waals surface area contributed by atoms with E-state index in [9.17, 15) is 4.79 Å². The van der Waals surface area contributed by atoms with Crippen molar-refractivity contribution in [1.29, 1.82) is 0 Å². The lowest BCUT2D eigenvalue weighted by Gasteiger charge is -2.09. The Bertz CT molecular complexity index is 1040. The minimum Gasteiger partial charge on any atom is -0.489 e. The second-order valence-electron chi connectivity index (χ2n) is 6.19. The van der Waals surface area contributed by atoms with E-state index in [2.05, 4.69) is 26.5 Å². The second kappa shape index (κ2) is 9.92. The number of hydrazone groups is 1. The number of hydrogen-bond acceptors (Lipinski definition) is 3. The summed E-state index contributed by atoms with van der Waals surface area (Å²) in [5.74, 6) is 0.330. The summed E-state index contributed by atoms with van der Waals surface area (Å²) in [5.41, 5.74) is 5.52. The summed E-state index contributed by atoms with van der Waals surface area (Å²) >= 11 is 15.4. The number of nitrogens with zero attached hydrogens (tertiary/aromatic N) is 1. The highest BCUT2D eigenvalue weighted by atomic mass is 79.9. The van der Waals surface area contributed by atoms with Crippen molar-refractivity contribution in [3.8, 4) is 5.75 Å². The zero-order valence-corrected chi connectivity index (χ0v) is 18.6. The molecule has 148 valence electrons. The molecule has 3 aromatic rings. The molecule has 3 aromatic carbocycles. The zero-order chi connectivity index (χ0) is 20.8. The third kappa shape index (κ3) is 6.07. The SMILES string of the molecule is C/C(=N/NC(=O)c1ccc(OCc2ccc(Cl)cc2Cl)cc1)c1ccc(Br)cc1. The molecule has 4 nitrogen and oxygen atoms in total. The van der Waals surface area contributed by atoms with Gasteiger partial charge in [-0.1, -0.05) is 57.3 Å². The van der Waals surface area contributed by atoms with Crippen LogP contribution in [0.1, 0.15) is 28.4 Å². The Morgan fingerprint density at radius 3 is 2.31 bits per heavy atom. The van der Waals surface area contributed by atoms with Gasteiger partial charge in [-0.15, -0.1) is 0 Å². The first-order valence-corrected chi connectivity index (χ1v) is 10.2. The lowest BCUT2D eigenvalue weighted by atomic mass is 10.1. The number of ether oxygens (including phenoxy) is 1. The molecule has 1 amide bonds. The van der Waals surface area contributed by atoms with Crippen LogP contribution in [0.2, 0.25) is 10.0 Å². The van der Waals surface area contributed by atoms with E-state index in [0.717, 1.165) is 15.6 Å². The maximum absolute atomic E-state index is 12.3. The first kappa shape index (κ1) is 21.4. The van der Waals surface area contributed by atoms with Crippen LogP contribution in [0.15, 0.2) is 76.3 Å². The van der Waals surface area contributed by atoms with Gasteiger partial charge < -0.3 is 4.74 Å². The number of halogens is 3. The van der Waals surface area contributed by atoms with Gasteiger partial charge in [-0.3, -0.25) is 4.79 Å². The molecule has 0 unspecified atom stereocenters. The lowest BCUT2D eigenvalue weighted by molar-refractivity contribution is 0.0955. The van der Waals surface area contributed by atoms with Crippen molar-refractivity contribution in [1.82, 2.24) is 5.43 Å². The van der Waals surface area contributed by atoms with Gasteiger partial charge in [0.15, 0.2) is 0 Å². The standard InChI is InChI=1S/C22H17BrCl2N2O2/c1-14(15-2-7-18(23)8-3-15)26-27-22(28)16-5-10-20(11-6-16)29-13-17-4-9-19(24)12-21(17)25/h2-12H,13H2,1H3,(H,27,28)/b26-14-. The van der Waals surface area contributed by atoms with Gasteiger partial charge in [0.25, 0.3) is 5.91 Å². The maximum Gasteiger partial charge on any atom is 0.271 e. The van der Waals surface area contributed by atoms with E-state index < -0.39 is 0 Å². The van der Waals surface area contributed by atoms with Crippen molar-refractivity contribution >= 4 is 50.8 Å². The Kier molecular flexibility index (Phi) is 7.31. The Morgan fingerprint density at radius 2 is 1.66 bits per heavy atom. The first-order valence-electron chi connectivity index (χ1n) is 8.70. The fraction of sp³-hybridized carbons (Fsp3) is 0.0909. The maximum atomic E-state index is 12.3. The minimum atomic E-state index is -0.297. The fourth-order valence-corrected chi connectivity index (χ4v) is 3.18. The van der Waals surface area contributed by atoms with Gasteiger partial charge in [0.1, 0.15) is 12.4 Å². The fourth-order valence-electron chi connectivity index (χ4n) is 2.46. The van der Waals surface area contributed by atoms with Crippen LogP contribution in [0.25, 0.3) is 0 Å². The van der Waals surface area contributed by atoms with Gasteiger partial charge in [-0.2, -0.15) is 5.10 Å². The smallest absolute Gasteiger partial charge is 0.271 e. The predicted octanol–water partition coefficient (Wildman–Crippen LogP) is 6.49. The Morgan fingerprint density at radius 1 is 1.00 bits per heavy atom. The van der Waals surface area contributed by atoms with Crippen LogP contribution >= 0.6 is 39.1 Å². The molecule has 0 heterocycles. The molecular formula is C22H17BrCl2N2O2. The molecule has 0 saturated heterocycles. The largest absolute Gasteiger partial charge is 0.489 e. The Labute approximate surface area is 187 Å². The van der Waals surface area contributed by atoms with E-state index in [4.69, 9.17) is 27.9 Å². The molecule has 0 atom stereocenters. The van der Waals surface area contributed by atoms with Gasteiger partial charge in [0.05, 0.1) is 5.71 Å². The molecule has 3 rings (SSSR count). The van der Waals surface area contributed by atoms with E-state index in [1.807, 2.05) is 37.3 Å². The molecule has 29 heavy (non-hydrogen) atoms. The number of carbonyl (C=O) groups excluding carboxylic acids is 1. The Balaban J connectivity index is 1.58. The number of amides is 1. The molecule has 0 bridgehead atoms. The molecule has 0 aliphatic heterocycles. The van der Waals surface area contributed by atoms with Crippen LogP contribution < -0.4 is 10.2 Å². The van der Waals surface area contributed by atoms with Crippen LogP contribution in [-0.2, 0) is 6.61 Å². The predicted molar refractivity (Wildman–Crippen MR) is 121 cm³/mol.